The molecule has 0 amide bonds. The second-order valence-electron chi connectivity index (χ2n) is 5.54. The molecule has 3 aromatic rings. The molecule has 0 spiro atoms. The van der Waals surface area contributed by atoms with Crippen LogP contribution in [0.15, 0.2) is 47.1 Å². The molecule has 24 heavy (non-hydrogen) atoms. The van der Waals surface area contributed by atoms with Crippen molar-refractivity contribution < 1.29 is 8.91 Å². The molecule has 3 heterocycles. The Bertz CT molecular complexity index is 844. The Balaban J connectivity index is 1.64. The molecule has 1 N–H and O–H groups in total. The summed E-state index contributed by atoms with van der Waals surface area (Å²) in [6, 6.07) is 10.1. The minimum Gasteiger partial charge on any atom is -0.354 e. The fraction of sp³-hybridized carbons (Fsp3) is 0.235. The van der Waals surface area contributed by atoms with Crippen molar-refractivity contribution in [2.24, 2.45) is 0 Å². The van der Waals surface area contributed by atoms with Gasteiger partial charge in [0.05, 0.1) is 5.56 Å². The van der Waals surface area contributed by atoms with Crippen LogP contribution in [0, 0.1) is 5.82 Å². The molecule has 1 aliphatic rings. The number of piperazine rings is 1. The maximum Gasteiger partial charge on any atom is 0.258 e. The molecule has 0 saturated carbocycles. The van der Waals surface area contributed by atoms with Crippen LogP contribution in [0.4, 0.5) is 10.2 Å². The standard InChI is InChI=1S/C17H16FN5O/c18-14-4-2-1-3-13(14)16-21-17(24-22-16)12-5-6-20-15(11-12)23-9-7-19-8-10-23/h1-6,11,19H,7-10H2. The zero-order valence-electron chi connectivity index (χ0n) is 12.9. The van der Waals surface area contributed by atoms with Crippen molar-refractivity contribution in [2.45, 2.75) is 0 Å². The van der Waals surface area contributed by atoms with E-state index in [0.717, 1.165) is 37.6 Å². The van der Waals surface area contributed by atoms with Crippen molar-refractivity contribution in [1.29, 1.82) is 0 Å². The Morgan fingerprint density at radius 1 is 1.12 bits per heavy atom. The lowest BCUT2D eigenvalue weighted by atomic mass is 10.2. The average Bonchev–Trinajstić information content (AvgIpc) is 3.13. The van der Waals surface area contributed by atoms with Crippen molar-refractivity contribution in [2.75, 3.05) is 31.1 Å². The molecule has 1 aliphatic heterocycles. The molecule has 0 aliphatic carbocycles. The normalized spacial score (nSPS) is 14.8. The smallest absolute Gasteiger partial charge is 0.258 e. The van der Waals surface area contributed by atoms with Gasteiger partial charge in [-0.25, -0.2) is 9.37 Å². The van der Waals surface area contributed by atoms with E-state index in [-0.39, 0.29) is 11.6 Å². The third kappa shape index (κ3) is 2.85. The number of rotatable bonds is 3. The predicted octanol–water partition coefficient (Wildman–Crippen LogP) is 2.35. The summed E-state index contributed by atoms with van der Waals surface area (Å²) in [6.45, 7) is 3.68. The van der Waals surface area contributed by atoms with Gasteiger partial charge in [-0.3, -0.25) is 0 Å². The number of hydrogen-bond donors (Lipinski definition) is 1. The van der Waals surface area contributed by atoms with Crippen molar-refractivity contribution in [3.05, 3.63) is 48.4 Å². The Kier molecular flexibility index (Phi) is 3.92. The van der Waals surface area contributed by atoms with Gasteiger partial charge in [0.15, 0.2) is 0 Å². The number of anilines is 1. The second kappa shape index (κ2) is 6.37. The summed E-state index contributed by atoms with van der Waals surface area (Å²) in [7, 11) is 0. The van der Waals surface area contributed by atoms with Crippen LogP contribution < -0.4 is 10.2 Å². The van der Waals surface area contributed by atoms with Crippen molar-refractivity contribution in [3.8, 4) is 22.8 Å². The summed E-state index contributed by atoms with van der Waals surface area (Å²) in [5.74, 6) is 1.09. The number of halogens is 1. The molecule has 6 nitrogen and oxygen atoms in total. The first kappa shape index (κ1) is 14.8. The van der Waals surface area contributed by atoms with Crippen molar-refractivity contribution in [3.63, 3.8) is 0 Å². The number of nitrogens with one attached hydrogen (secondary N) is 1. The van der Waals surface area contributed by atoms with Crippen LogP contribution in [-0.4, -0.2) is 41.3 Å². The Morgan fingerprint density at radius 3 is 2.79 bits per heavy atom. The molecule has 122 valence electrons. The van der Waals surface area contributed by atoms with E-state index in [1.54, 1.807) is 24.4 Å². The molecule has 2 aromatic heterocycles. The highest BCUT2D eigenvalue weighted by Crippen LogP contribution is 2.25. The fourth-order valence-corrected chi connectivity index (χ4v) is 2.71. The first-order chi connectivity index (χ1) is 11.8. The molecule has 0 radical (unpaired) electrons. The first-order valence-corrected chi connectivity index (χ1v) is 7.82. The molecule has 0 unspecified atom stereocenters. The van der Waals surface area contributed by atoms with Gasteiger partial charge >= 0.3 is 0 Å². The number of hydrogen-bond acceptors (Lipinski definition) is 6. The maximum atomic E-state index is 13.8. The van der Waals surface area contributed by atoms with Crippen molar-refractivity contribution in [1.82, 2.24) is 20.4 Å². The molecule has 0 bridgehead atoms. The van der Waals surface area contributed by atoms with E-state index in [4.69, 9.17) is 4.52 Å². The average molecular weight is 325 g/mol. The third-order valence-electron chi connectivity index (χ3n) is 3.97. The highest BCUT2D eigenvalue weighted by atomic mass is 19.1. The van der Waals surface area contributed by atoms with Gasteiger partial charge < -0.3 is 14.7 Å². The lowest BCUT2D eigenvalue weighted by Gasteiger charge is -2.28. The van der Waals surface area contributed by atoms with Gasteiger partial charge in [-0.05, 0) is 24.3 Å². The van der Waals surface area contributed by atoms with E-state index >= 15 is 0 Å². The molecule has 1 aromatic carbocycles. The molecule has 7 heteroatoms. The van der Waals surface area contributed by atoms with Gasteiger partial charge in [-0.1, -0.05) is 17.3 Å². The van der Waals surface area contributed by atoms with Crippen LogP contribution in [0.25, 0.3) is 22.8 Å². The van der Waals surface area contributed by atoms with Gasteiger partial charge in [0.2, 0.25) is 5.82 Å². The predicted molar refractivity (Wildman–Crippen MR) is 88.0 cm³/mol. The van der Waals surface area contributed by atoms with E-state index < -0.39 is 0 Å². The lowest BCUT2D eigenvalue weighted by molar-refractivity contribution is 0.432. The summed E-state index contributed by atoms with van der Waals surface area (Å²) >= 11 is 0. The van der Waals surface area contributed by atoms with Gasteiger partial charge in [-0.15, -0.1) is 0 Å². The van der Waals surface area contributed by atoms with Crippen LogP contribution in [0.3, 0.4) is 0 Å². The summed E-state index contributed by atoms with van der Waals surface area (Å²) in [5, 5.41) is 7.21. The Labute approximate surface area is 138 Å². The lowest BCUT2D eigenvalue weighted by Crippen LogP contribution is -2.43. The van der Waals surface area contributed by atoms with E-state index in [9.17, 15) is 4.39 Å². The SMILES string of the molecule is Fc1ccccc1-c1noc(-c2ccnc(N3CCNCC3)c2)n1. The summed E-state index contributed by atoms with van der Waals surface area (Å²) in [5.41, 5.74) is 1.09. The zero-order valence-corrected chi connectivity index (χ0v) is 12.9. The molecule has 1 fully saturated rings. The molecule has 4 rings (SSSR count). The maximum absolute atomic E-state index is 13.8. The molecular formula is C17H16FN5O. The monoisotopic (exact) mass is 325 g/mol. The van der Waals surface area contributed by atoms with Gasteiger partial charge in [0.1, 0.15) is 11.6 Å². The summed E-state index contributed by atoms with van der Waals surface area (Å²) in [4.78, 5) is 10.9. The number of benzene rings is 1. The Morgan fingerprint density at radius 2 is 1.96 bits per heavy atom. The van der Waals surface area contributed by atoms with E-state index in [2.05, 4.69) is 25.3 Å². The number of aromatic nitrogens is 3. The summed E-state index contributed by atoms with van der Waals surface area (Å²) in [6.07, 6.45) is 1.72. The molecular weight excluding hydrogens is 309 g/mol. The van der Waals surface area contributed by atoms with Crippen LogP contribution in [-0.2, 0) is 0 Å². The van der Waals surface area contributed by atoms with Gasteiger partial charge in [-0.2, -0.15) is 4.98 Å². The minimum atomic E-state index is -0.374. The second-order valence-corrected chi connectivity index (χ2v) is 5.54. The topological polar surface area (TPSA) is 67.1 Å². The first-order valence-electron chi connectivity index (χ1n) is 7.82. The molecule has 0 atom stereocenters. The number of pyridine rings is 1. The van der Waals surface area contributed by atoms with Crippen LogP contribution in [0.2, 0.25) is 0 Å². The highest BCUT2D eigenvalue weighted by molar-refractivity contribution is 5.62. The molecule has 1 saturated heterocycles. The summed E-state index contributed by atoms with van der Waals surface area (Å²) < 4.78 is 19.2. The largest absolute Gasteiger partial charge is 0.354 e. The van der Waals surface area contributed by atoms with E-state index in [1.165, 1.54) is 6.07 Å². The van der Waals surface area contributed by atoms with E-state index in [1.807, 2.05) is 12.1 Å². The van der Waals surface area contributed by atoms with Crippen LogP contribution in [0.5, 0.6) is 0 Å². The quantitative estimate of drug-likeness (QED) is 0.797. The number of nitrogens with zero attached hydrogens (tertiary/aromatic N) is 4. The van der Waals surface area contributed by atoms with Gasteiger partial charge in [0.25, 0.3) is 5.89 Å². The van der Waals surface area contributed by atoms with Crippen LogP contribution >= 0.6 is 0 Å². The van der Waals surface area contributed by atoms with Crippen LogP contribution in [0.1, 0.15) is 0 Å². The Hall–Kier alpha value is -2.80. The third-order valence-corrected chi connectivity index (χ3v) is 3.97. The van der Waals surface area contributed by atoms with Crippen molar-refractivity contribution >= 4 is 5.82 Å². The highest BCUT2D eigenvalue weighted by Gasteiger charge is 2.16. The zero-order chi connectivity index (χ0) is 16.4. The van der Waals surface area contributed by atoms with Gasteiger partial charge in [0, 0.05) is 37.9 Å². The minimum absolute atomic E-state index is 0.239. The fourth-order valence-electron chi connectivity index (χ4n) is 2.71. The van der Waals surface area contributed by atoms with E-state index in [0.29, 0.717) is 11.5 Å².